The van der Waals surface area contributed by atoms with E-state index in [-0.39, 0.29) is 24.0 Å². The molecule has 6 heteroatoms. The molecule has 0 bridgehead atoms. The molecule has 0 saturated carbocycles. The molecule has 0 radical (unpaired) electrons. The van der Waals surface area contributed by atoms with Crippen molar-refractivity contribution in [1.29, 1.82) is 0 Å². The highest BCUT2D eigenvalue weighted by Gasteiger charge is 2.16. The maximum absolute atomic E-state index is 5.29. The Bertz CT molecular complexity index is 276. The molecule has 0 spiro atoms. The zero-order chi connectivity index (χ0) is 14.6. The highest BCUT2D eigenvalue weighted by molar-refractivity contribution is 14.0. The Morgan fingerprint density at radius 1 is 1.29 bits per heavy atom. The van der Waals surface area contributed by atoms with Crippen LogP contribution in [0.25, 0.3) is 0 Å². The summed E-state index contributed by atoms with van der Waals surface area (Å²) in [5.74, 6) is 0.872. The fraction of sp³-hybridized carbons (Fsp3) is 0.933. The van der Waals surface area contributed by atoms with Crippen molar-refractivity contribution in [1.82, 2.24) is 15.5 Å². The Hall–Kier alpha value is -0.0800. The average Bonchev–Trinajstić information content (AvgIpc) is 2.47. The molecule has 1 aliphatic rings. The van der Waals surface area contributed by atoms with Crippen LogP contribution in [0.2, 0.25) is 0 Å². The van der Waals surface area contributed by atoms with Crippen molar-refractivity contribution >= 4 is 29.9 Å². The van der Waals surface area contributed by atoms with Gasteiger partial charge in [0.05, 0.1) is 6.61 Å². The van der Waals surface area contributed by atoms with E-state index in [1.54, 1.807) is 0 Å². The highest BCUT2D eigenvalue weighted by Crippen LogP contribution is 2.15. The van der Waals surface area contributed by atoms with Gasteiger partial charge in [-0.1, -0.05) is 6.42 Å². The molecule has 1 unspecified atom stereocenters. The first-order chi connectivity index (χ1) is 9.77. The van der Waals surface area contributed by atoms with Gasteiger partial charge in [-0.15, -0.1) is 24.0 Å². The van der Waals surface area contributed by atoms with E-state index < -0.39 is 0 Å². The third-order valence-electron chi connectivity index (χ3n) is 3.82. The SMILES string of the molecule is CCOCCNC(=NC)NCCCN1CCCCC1C.I. The van der Waals surface area contributed by atoms with Crippen LogP contribution in [-0.2, 0) is 4.74 Å². The van der Waals surface area contributed by atoms with Crippen LogP contribution in [0.4, 0.5) is 0 Å². The average molecular weight is 412 g/mol. The van der Waals surface area contributed by atoms with Crippen LogP contribution in [-0.4, -0.2) is 63.3 Å². The van der Waals surface area contributed by atoms with Gasteiger partial charge in [-0.2, -0.15) is 0 Å². The van der Waals surface area contributed by atoms with Crippen LogP contribution < -0.4 is 10.6 Å². The minimum Gasteiger partial charge on any atom is -0.380 e. The third-order valence-corrected chi connectivity index (χ3v) is 3.82. The predicted octanol–water partition coefficient (Wildman–Crippen LogP) is 2.07. The quantitative estimate of drug-likeness (QED) is 0.277. The second kappa shape index (κ2) is 13.6. The summed E-state index contributed by atoms with van der Waals surface area (Å²) in [6.07, 6.45) is 5.27. The summed E-state index contributed by atoms with van der Waals surface area (Å²) in [6.45, 7) is 10.1. The third kappa shape index (κ3) is 9.52. The van der Waals surface area contributed by atoms with E-state index >= 15 is 0 Å². The van der Waals surface area contributed by atoms with Gasteiger partial charge in [0.15, 0.2) is 5.96 Å². The van der Waals surface area contributed by atoms with Gasteiger partial charge < -0.3 is 20.3 Å². The van der Waals surface area contributed by atoms with E-state index in [1.165, 1.54) is 32.4 Å². The lowest BCUT2D eigenvalue weighted by Gasteiger charge is -2.33. The maximum atomic E-state index is 5.29. The van der Waals surface area contributed by atoms with Crippen molar-refractivity contribution in [2.75, 3.05) is 46.4 Å². The molecule has 1 atom stereocenters. The zero-order valence-corrected chi connectivity index (χ0v) is 16.2. The molecule has 5 nitrogen and oxygen atoms in total. The van der Waals surface area contributed by atoms with Crippen molar-refractivity contribution < 1.29 is 4.74 Å². The van der Waals surface area contributed by atoms with Crippen molar-refractivity contribution in [3.63, 3.8) is 0 Å². The van der Waals surface area contributed by atoms with Crippen molar-refractivity contribution in [2.24, 2.45) is 4.99 Å². The van der Waals surface area contributed by atoms with Gasteiger partial charge in [-0.05, 0) is 39.7 Å². The van der Waals surface area contributed by atoms with Crippen molar-refractivity contribution in [3.8, 4) is 0 Å². The molecular formula is C15H33IN4O. The largest absolute Gasteiger partial charge is 0.380 e. The number of nitrogens with one attached hydrogen (secondary N) is 2. The first-order valence-corrected chi connectivity index (χ1v) is 8.04. The number of nitrogens with zero attached hydrogens (tertiary/aromatic N) is 2. The second-order valence-electron chi connectivity index (χ2n) is 5.36. The van der Waals surface area contributed by atoms with E-state index in [0.29, 0.717) is 0 Å². The number of hydrogen-bond donors (Lipinski definition) is 2. The molecule has 1 saturated heterocycles. The van der Waals surface area contributed by atoms with Crippen LogP contribution in [0.1, 0.15) is 39.5 Å². The van der Waals surface area contributed by atoms with E-state index in [9.17, 15) is 0 Å². The summed E-state index contributed by atoms with van der Waals surface area (Å²) in [4.78, 5) is 6.82. The molecular weight excluding hydrogens is 379 g/mol. The summed E-state index contributed by atoms with van der Waals surface area (Å²) in [5, 5.41) is 6.61. The molecule has 2 N–H and O–H groups in total. The smallest absolute Gasteiger partial charge is 0.191 e. The van der Waals surface area contributed by atoms with Gasteiger partial charge in [0, 0.05) is 39.3 Å². The van der Waals surface area contributed by atoms with E-state index in [4.69, 9.17) is 4.74 Å². The molecule has 0 aliphatic carbocycles. The first-order valence-electron chi connectivity index (χ1n) is 8.04. The van der Waals surface area contributed by atoms with Gasteiger partial charge in [0.25, 0.3) is 0 Å². The molecule has 1 heterocycles. The Kier molecular flexibility index (Phi) is 13.5. The number of ether oxygens (including phenoxy) is 1. The zero-order valence-electron chi connectivity index (χ0n) is 13.9. The summed E-state index contributed by atoms with van der Waals surface area (Å²) in [6, 6.07) is 0.757. The number of aliphatic imine (C=N–C) groups is 1. The van der Waals surface area contributed by atoms with Crippen LogP contribution in [0.3, 0.4) is 0 Å². The predicted molar refractivity (Wildman–Crippen MR) is 101 cm³/mol. The molecule has 1 aliphatic heterocycles. The molecule has 21 heavy (non-hydrogen) atoms. The summed E-state index contributed by atoms with van der Waals surface area (Å²) < 4.78 is 5.29. The standard InChI is InChI=1S/C15H32N4O.HI/c1-4-20-13-10-18-15(16-3)17-9-7-12-19-11-6-5-8-14(19)2;/h14H,4-13H2,1-3H3,(H2,16,17,18);1H. The van der Waals surface area contributed by atoms with Gasteiger partial charge in [-0.25, -0.2) is 0 Å². The normalized spacial score (nSPS) is 20.0. The highest BCUT2D eigenvalue weighted by atomic mass is 127. The van der Waals surface area contributed by atoms with Gasteiger partial charge in [0.1, 0.15) is 0 Å². The van der Waals surface area contributed by atoms with Crippen LogP contribution in [0, 0.1) is 0 Å². The maximum Gasteiger partial charge on any atom is 0.191 e. The molecule has 1 rings (SSSR count). The van der Waals surface area contributed by atoms with E-state index in [1.807, 2.05) is 14.0 Å². The minimum absolute atomic E-state index is 0. The lowest BCUT2D eigenvalue weighted by atomic mass is 10.0. The van der Waals surface area contributed by atoms with Crippen LogP contribution in [0.15, 0.2) is 4.99 Å². The lowest BCUT2D eigenvalue weighted by Crippen LogP contribution is -2.42. The van der Waals surface area contributed by atoms with Crippen LogP contribution >= 0.6 is 24.0 Å². The van der Waals surface area contributed by atoms with Gasteiger partial charge in [0.2, 0.25) is 0 Å². The molecule has 126 valence electrons. The van der Waals surface area contributed by atoms with E-state index in [2.05, 4.69) is 27.4 Å². The number of rotatable bonds is 8. The Morgan fingerprint density at radius 2 is 2.05 bits per heavy atom. The number of likely N-dealkylation sites (tertiary alicyclic amines) is 1. The Morgan fingerprint density at radius 3 is 2.71 bits per heavy atom. The fourth-order valence-electron chi connectivity index (χ4n) is 2.59. The number of guanidine groups is 1. The molecule has 1 fully saturated rings. The number of hydrogen-bond acceptors (Lipinski definition) is 3. The van der Waals surface area contributed by atoms with Crippen molar-refractivity contribution in [3.05, 3.63) is 0 Å². The van der Waals surface area contributed by atoms with Gasteiger partial charge >= 0.3 is 0 Å². The number of halogens is 1. The van der Waals surface area contributed by atoms with Gasteiger partial charge in [-0.3, -0.25) is 4.99 Å². The minimum atomic E-state index is 0. The van der Waals surface area contributed by atoms with E-state index in [0.717, 1.165) is 44.7 Å². The van der Waals surface area contributed by atoms with Crippen LogP contribution in [0.5, 0.6) is 0 Å². The Labute approximate surface area is 147 Å². The topological polar surface area (TPSA) is 48.9 Å². The van der Waals surface area contributed by atoms with Crippen molar-refractivity contribution in [2.45, 2.75) is 45.6 Å². The molecule has 0 aromatic carbocycles. The lowest BCUT2D eigenvalue weighted by molar-refractivity contribution is 0.152. The molecule has 0 amide bonds. The molecule has 0 aromatic rings. The summed E-state index contributed by atoms with van der Waals surface area (Å²) in [7, 11) is 1.81. The summed E-state index contributed by atoms with van der Waals surface area (Å²) in [5.41, 5.74) is 0. The second-order valence-corrected chi connectivity index (χ2v) is 5.36. The first kappa shape index (κ1) is 20.9. The summed E-state index contributed by atoms with van der Waals surface area (Å²) >= 11 is 0. The Balaban J connectivity index is 0.00000400. The number of piperidine rings is 1. The fourth-order valence-corrected chi connectivity index (χ4v) is 2.59. The molecule has 0 aromatic heterocycles. The monoisotopic (exact) mass is 412 g/mol.